The molecule has 110 valence electrons. The van der Waals surface area contributed by atoms with Gasteiger partial charge >= 0.3 is 0 Å². The van der Waals surface area contributed by atoms with Crippen LogP contribution in [-0.4, -0.2) is 21.3 Å². The zero-order chi connectivity index (χ0) is 15.5. The summed E-state index contributed by atoms with van der Waals surface area (Å²) in [6, 6.07) is 13.9. The monoisotopic (exact) mass is 313 g/mol. The van der Waals surface area contributed by atoms with Crippen molar-refractivity contribution in [3.63, 3.8) is 0 Å². The lowest BCUT2D eigenvalue weighted by Crippen LogP contribution is -1.89. The molecule has 0 radical (unpaired) electrons. The Morgan fingerprint density at radius 2 is 2.00 bits per heavy atom. The summed E-state index contributed by atoms with van der Waals surface area (Å²) in [6.07, 6.45) is 1.97. The lowest BCUT2D eigenvalue weighted by molar-refractivity contribution is -0.384. The van der Waals surface area contributed by atoms with E-state index in [1.807, 2.05) is 30.5 Å². The molecule has 0 saturated heterocycles. The Hall–Kier alpha value is -2.67. The Kier molecular flexibility index (Phi) is 3.88. The van der Waals surface area contributed by atoms with Gasteiger partial charge in [0.15, 0.2) is 0 Å². The summed E-state index contributed by atoms with van der Waals surface area (Å²) < 4.78 is 5.30. The molecular formula is C15H11N3O3S. The van der Waals surface area contributed by atoms with Crippen LogP contribution in [0, 0.1) is 10.1 Å². The van der Waals surface area contributed by atoms with Crippen molar-refractivity contribution in [2.45, 2.75) is 4.90 Å². The maximum Gasteiger partial charge on any atom is 0.270 e. The highest BCUT2D eigenvalue weighted by Gasteiger charge is 2.15. The molecule has 0 aliphatic carbocycles. The molecule has 0 saturated carbocycles. The fourth-order valence-electron chi connectivity index (χ4n) is 2.03. The Balaban J connectivity index is 2.01. The minimum Gasteiger partial charge on any atom is -0.334 e. The third-order valence-electron chi connectivity index (χ3n) is 3.08. The molecule has 2 aromatic carbocycles. The molecule has 0 unspecified atom stereocenters. The van der Waals surface area contributed by atoms with E-state index in [0.717, 1.165) is 10.5 Å². The normalized spacial score (nSPS) is 10.6. The number of thioether (sulfide) groups is 1. The van der Waals surface area contributed by atoms with Crippen molar-refractivity contribution < 1.29 is 9.45 Å². The van der Waals surface area contributed by atoms with Gasteiger partial charge in [-0.2, -0.15) is 4.98 Å². The summed E-state index contributed by atoms with van der Waals surface area (Å²) in [6.45, 7) is 0. The van der Waals surface area contributed by atoms with Crippen LogP contribution in [0.3, 0.4) is 0 Å². The molecule has 6 nitrogen and oxygen atoms in total. The minimum absolute atomic E-state index is 0.00614. The number of hydrogen-bond acceptors (Lipinski definition) is 6. The summed E-state index contributed by atoms with van der Waals surface area (Å²) in [5.41, 5.74) is 1.39. The van der Waals surface area contributed by atoms with Crippen LogP contribution < -0.4 is 0 Å². The SMILES string of the molecule is CSc1ccccc1-c1nc(-c2cccc([N+](=O)[O-])c2)no1. The molecule has 0 bridgehead atoms. The van der Waals surface area contributed by atoms with Crippen LogP contribution in [-0.2, 0) is 0 Å². The summed E-state index contributed by atoms with van der Waals surface area (Å²) in [5, 5.41) is 14.8. The van der Waals surface area contributed by atoms with Crippen LogP contribution >= 0.6 is 11.8 Å². The summed E-state index contributed by atoms with van der Waals surface area (Å²) in [5.74, 6) is 0.723. The van der Waals surface area contributed by atoms with Gasteiger partial charge in [-0.15, -0.1) is 11.8 Å². The van der Waals surface area contributed by atoms with Gasteiger partial charge in [-0.25, -0.2) is 0 Å². The molecule has 7 heteroatoms. The van der Waals surface area contributed by atoms with E-state index in [9.17, 15) is 10.1 Å². The first-order valence-corrected chi connectivity index (χ1v) is 7.63. The van der Waals surface area contributed by atoms with Gasteiger partial charge in [0.05, 0.1) is 10.5 Å². The molecule has 1 aromatic heterocycles. The Morgan fingerprint density at radius 1 is 1.18 bits per heavy atom. The van der Waals surface area contributed by atoms with Crippen molar-refractivity contribution in [3.8, 4) is 22.8 Å². The number of hydrogen-bond donors (Lipinski definition) is 0. The van der Waals surface area contributed by atoms with Gasteiger partial charge in [-0.3, -0.25) is 10.1 Å². The number of aromatic nitrogens is 2. The van der Waals surface area contributed by atoms with Crippen LogP contribution in [0.2, 0.25) is 0 Å². The Bertz CT molecular complexity index is 832. The molecule has 22 heavy (non-hydrogen) atoms. The summed E-state index contributed by atoms with van der Waals surface area (Å²) >= 11 is 1.58. The van der Waals surface area contributed by atoms with Gasteiger partial charge in [0.25, 0.3) is 11.6 Å². The number of nitro groups is 1. The highest BCUT2D eigenvalue weighted by Crippen LogP contribution is 2.30. The zero-order valence-corrected chi connectivity index (χ0v) is 12.4. The maximum atomic E-state index is 10.8. The summed E-state index contributed by atoms with van der Waals surface area (Å²) in [4.78, 5) is 15.8. The average molecular weight is 313 g/mol. The van der Waals surface area contributed by atoms with Gasteiger partial charge in [0, 0.05) is 22.6 Å². The molecule has 3 rings (SSSR count). The highest BCUT2D eigenvalue weighted by atomic mass is 32.2. The van der Waals surface area contributed by atoms with Gasteiger partial charge in [-0.1, -0.05) is 29.4 Å². The first kappa shape index (κ1) is 14.3. The lowest BCUT2D eigenvalue weighted by atomic mass is 10.2. The van der Waals surface area contributed by atoms with Gasteiger partial charge in [-0.05, 0) is 18.4 Å². The Labute approximate surface area is 130 Å². The van der Waals surface area contributed by atoms with Gasteiger partial charge in [0.1, 0.15) is 0 Å². The lowest BCUT2D eigenvalue weighted by Gasteiger charge is -2.00. The fourth-order valence-corrected chi connectivity index (χ4v) is 2.62. The molecular weight excluding hydrogens is 302 g/mol. The predicted molar refractivity (Wildman–Crippen MR) is 83.6 cm³/mol. The van der Waals surface area contributed by atoms with Crippen molar-refractivity contribution in [2.24, 2.45) is 0 Å². The van der Waals surface area contributed by atoms with Gasteiger partial charge < -0.3 is 4.52 Å². The van der Waals surface area contributed by atoms with Gasteiger partial charge in [0.2, 0.25) is 5.82 Å². The number of benzene rings is 2. The highest BCUT2D eigenvalue weighted by molar-refractivity contribution is 7.98. The molecule has 0 aliphatic rings. The van der Waals surface area contributed by atoms with E-state index >= 15 is 0 Å². The number of rotatable bonds is 4. The summed E-state index contributed by atoms with van der Waals surface area (Å²) in [7, 11) is 0. The average Bonchev–Trinajstić information content (AvgIpc) is 3.04. The molecule has 3 aromatic rings. The van der Waals surface area contributed by atoms with Crippen molar-refractivity contribution in [3.05, 3.63) is 58.6 Å². The second kappa shape index (κ2) is 5.98. The molecule has 0 spiro atoms. The third-order valence-corrected chi connectivity index (χ3v) is 3.87. The first-order valence-electron chi connectivity index (χ1n) is 6.41. The molecule has 0 aliphatic heterocycles. The largest absolute Gasteiger partial charge is 0.334 e. The Morgan fingerprint density at radius 3 is 2.77 bits per heavy atom. The number of nitrogens with zero attached hydrogens (tertiary/aromatic N) is 3. The van der Waals surface area contributed by atoms with Crippen LogP contribution in [0.15, 0.2) is 57.9 Å². The third kappa shape index (κ3) is 2.71. The molecule has 0 N–H and O–H groups in total. The van der Waals surface area contributed by atoms with E-state index in [2.05, 4.69) is 10.1 Å². The maximum absolute atomic E-state index is 10.8. The van der Waals surface area contributed by atoms with E-state index in [0.29, 0.717) is 17.3 Å². The van der Waals surface area contributed by atoms with E-state index in [4.69, 9.17) is 4.52 Å². The van der Waals surface area contributed by atoms with E-state index < -0.39 is 4.92 Å². The molecule has 0 amide bonds. The zero-order valence-electron chi connectivity index (χ0n) is 11.6. The van der Waals surface area contributed by atoms with E-state index in [-0.39, 0.29) is 5.69 Å². The van der Waals surface area contributed by atoms with Crippen molar-refractivity contribution >= 4 is 17.4 Å². The predicted octanol–water partition coefficient (Wildman–Crippen LogP) is 4.03. The topological polar surface area (TPSA) is 82.1 Å². The smallest absolute Gasteiger partial charge is 0.270 e. The van der Waals surface area contributed by atoms with Crippen molar-refractivity contribution in [2.75, 3.05) is 6.26 Å². The second-order valence-electron chi connectivity index (χ2n) is 4.43. The molecule has 0 atom stereocenters. The number of non-ortho nitro benzene ring substituents is 1. The van der Waals surface area contributed by atoms with Crippen LogP contribution in [0.5, 0.6) is 0 Å². The quantitative estimate of drug-likeness (QED) is 0.411. The minimum atomic E-state index is -0.451. The van der Waals surface area contributed by atoms with Crippen molar-refractivity contribution in [1.29, 1.82) is 0 Å². The molecule has 0 fully saturated rings. The van der Waals surface area contributed by atoms with Crippen LogP contribution in [0.1, 0.15) is 0 Å². The van der Waals surface area contributed by atoms with Crippen LogP contribution in [0.25, 0.3) is 22.8 Å². The first-order chi connectivity index (χ1) is 10.7. The van der Waals surface area contributed by atoms with E-state index in [1.54, 1.807) is 23.9 Å². The van der Waals surface area contributed by atoms with Crippen molar-refractivity contribution in [1.82, 2.24) is 10.1 Å². The van der Waals surface area contributed by atoms with E-state index in [1.165, 1.54) is 12.1 Å². The second-order valence-corrected chi connectivity index (χ2v) is 5.28. The standard InChI is InChI=1S/C15H11N3O3S/c1-22-13-8-3-2-7-12(13)15-16-14(17-21-15)10-5-4-6-11(9-10)18(19)20/h2-9H,1H3. The number of nitro benzene ring substituents is 1. The molecule has 1 heterocycles. The fraction of sp³-hybridized carbons (Fsp3) is 0.0667. The van der Waals surface area contributed by atoms with Crippen LogP contribution in [0.4, 0.5) is 5.69 Å².